The highest BCUT2D eigenvalue weighted by Crippen LogP contribution is 2.31. The van der Waals surface area contributed by atoms with E-state index in [4.69, 9.17) is 4.74 Å². The molecule has 0 fully saturated rings. The quantitative estimate of drug-likeness (QED) is 0.696. The topological polar surface area (TPSA) is 72.5 Å². The number of nitrogens with one attached hydrogen (secondary N) is 1. The van der Waals surface area contributed by atoms with E-state index in [1.54, 1.807) is 48.5 Å². The summed E-state index contributed by atoms with van der Waals surface area (Å²) in [4.78, 5) is 37.7. The summed E-state index contributed by atoms with van der Waals surface area (Å²) in [6.45, 7) is 1.90. The number of benzene rings is 2. The van der Waals surface area contributed by atoms with Crippen molar-refractivity contribution in [1.29, 1.82) is 0 Å². The highest BCUT2D eigenvalue weighted by Gasteiger charge is 2.55. The predicted octanol–water partition coefficient (Wildman–Crippen LogP) is 2.15. The first-order valence-electron chi connectivity index (χ1n) is 7.12. The first-order valence-corrected chi connectivity index (χ1v) is 7.12. The van der Waals surface area contributed by atoms with Crippen molar-refractivity contribution in [1.82, 2.24) is 5.32 Å². The molecule has 1 aliphatic carbocycles. The minimum absolute atomic E-state index is 0.253. The van der Waals surface area contributed by atoms with Gasteiger partial charge in [-0.1, -0.05) is 42.0 Å². The number of rotatable bonds is 3. The summed E-state index contributed by atoms with van der Waals surface area (Å²) in [6.07, 6.45) is 0. The first kappa shape index (κ1) is 15.1. The summed E-state index contributed by atoms with van der Waals surface area (Å²) >= 11 is 0. The van der Waals surface area contributed by atoms with Gasteiger partial charge in [-0.2, -0.15) is 0 Å². The van der Waals surface area contributed by atoms with Crippen LogP contribution in [0.3, 0.4) is 0 Å². The molecule has 0 heterocycles. The minimum Gasteiger partial charge on any atom is -0.346 e. The Balaban J connectivity index is 1.97. The summed E-state index contributed by atoms with van der Waals surface area (Å²) in [6, 6.07) is 13.2. The molecule has 1 N–H and O–H groups in total. The second-order valence-corrected chi connectivity index (χ2v) is 5.41. The van der Waals surface area contributed by atoms with E-state index in [-0.39, 0.29) is 11.1 Å². The lowest BCUT2D eigenvalue weighted by Gasteiger charge is -2.25. The van der Waals surface area contributed by atoms with Crippen LogP contribution in [0.15, 0.2) is 48.5 Å². The largest absolute Gasteiger partial charge is 0.346 e. The summed E-state index contributed by atoms with van der Waals surface area (Å²) in [7, 11) is 1.23. The molecule has 2 aromatic carbocycles. The fraction of sp³-hybridized carbons (Fsp3) is 0.167. The summed E-state index contributed by atoms with van der Waals surface area (Å²) < 4.78 is 5.19. The maximum absolute atomic E-state index is 12.6. The second kappa shape index (κ2) is 5.44. The number of ketones is 2. The Morgan fingerprint density at radius 2 is 1.48 bits per heavy atom. The van der Waals surface area contributed by atoms with Crippen LogP contribution in [0.2, 0.25) is 0 Å². The van der Waals surface area contributed by atoms with E-state index in [9.17, 15) is 14.4 Å². The second-order valence-electron chi connectivity index (χ2n) is 5.41. The van der Waals surface area contributed by atoms with Gasteiger partial charge in [0, 0.05) is 23.8 Å². The van der Waals surface area contributed by atoms with Gasteiger partial charge in [0.15, 0.2) is 0 Å². The van der Waals surface area contributed by atoms with Gasteiger partial charge in [-0.15, -0.1) is 0 Å². The van der Waals surface area contributed by atoms with E-state index in [0.717, 1.165) is 5.56 Å². The molecule has 0 saturated carbocycles. The Bertz CT molecular complexity index is 773. The molecule has 0 atom stereocenters. The lowest BCUT2D eigenvalue weighted by Crippen LogP contribution is -2.58. The zero-order valence-corrected chi connectivity index (χ0v) is 12.8. The first-order chi connectivity index (χ1) is 11.0. The number of hydrogen-bond acceptors (Lipinski definition) is 4. The monoisotopic (exact) mass is 309 g/mol. The maximum Gasteiger partial charge on any atom is 0.270 e. The lowest BCUT2D eigenvalue weighted by molar-refractivity contribution is -0.00230. The third-order valence-corrected chi connectivity index (χ3v) is 3.97. The molecule has 0 unspecified atom stereocenters. The Morgan fingerprint density at radius 1 is 0.957 bits per heavy atom. The molecule has 0 radical (unpaired) electrons. The number of hydrogen-bond donors (Lipinski definition) is 1. The SMILES string of the molecule is COC1(NC(=O)c2ccc(C)cc2)C(=O)c2ccccc2C1=O. The zero-order chi connectivity index (χ0) is 16.6. The minimum atomic E-state index is -1.99. The van der Waals surface area contributed by atoms with Crippen molar-refractivity contribution in [2.24, 2.45) is 0 Å². The molecule has 0 aromatic heterocycles. The predicted molar refractivity (Wildman–Crippen MR) is 83.5 cm³/mol. The highest BCUT2D eigenvalue weighted by molar-refractivity contribution is 6.33. The summed E-state index contributed by atoms with van der Waals surface area (Å²) in [5.74, 6) is -1.65. The van der Waals surface area contributed by atoms with Crippen LogP contribution in [-0.4, -0.2) is 30.3 Å². The van der Waals surface area contributed by atoms with Crippen molar-refractivity contribution in [2.45, 2.75) is 12.6 Å². The summed E-state index contributed by atoms with van der Waals surface area (Å²) in [5.41, 5.74) is -0.134. The van der Waals surface area contributed by atoms with Crippen molar-refractivity contribution in [3.63, 3.8) is 0 Å². The molecule has 116 valence electrons. The Hall–Kier alpha value is -2.79. The van der Waals surface area contributed by atoms with Crippen molar-refractivity contribution in [2.75, 3.05) is 7.11 Å². The molecule has 5 nitrogen and oxygen atoms in total. The van der Waals surface area contributed by atoms with Gasteiger partial charge in [-0.25, -0.2) is 0 Å². The smallest absolute Gasteiger partial charge is 0.270 e. The molecular weight excluding hydrogens is 294 g/mol. The van der Waals surface area contributed by atoms with Crippen molar-refractivity contribution >= 4 is 17.5 Å². The number of carbonyl (C=O) groups is 3. The van der Waals surface area contributed by atoms with Crippen molar-refractivity contribution in [3.05, 3.63) is 70.8 Å². The third kappa shape index (κ3) is 2.26. The molecule has 2 aromatic rings. The number of methoxy groups -OCH3 is 1. The number of ether oxygens (including phenoxy) is 1. The number of amides is 1. The molecule has 0 spiro atoms. The van der Waals surface area contributed by atoms with Crippen LogP contribution in [0.25, 0.3) is 0 Å². The maximum atomic E-state index is 12.6. The van der Waals surface area contributed by atoms with Gasteiger partial charge < -0.3 is 10.1 Å². The molecule has 1 aliphatic rings. The van der Waals surface area contributed by atoms with E-state index < -0.39 is 23.2 Å². The number of carbonyl (C=O) groups excluding carboxylic acids is 3. The van der Waals surface area contributed by atoms with Gasteiger partial charge in [0.2, 0.25) is 11.6 Å². The fourth-order valence-corrected chi connectivity index (χ4v) is 2.65. The van der Waals surface area contributed by atoms with Gasteiger partial charge in [0.1, 0.15) is 0 Å². The number of fused-ring (bicyclic) bond motifs is 1. The number of aryl methyl sites for hydroxylation is 1. The molecule has 5 heteroatoms. The van der Waals surface area contributed by atoms with Crippen LogP contribution in [0.1, 0.15) is 36.6 Å². The molecule has 1 amide bonds. The fourth-order valence-electron chi connectivity index (χ4n) is 2.65. The molecule has 0 bridgehead atoms. The molecule has 23 heavy (non-hydrogen) atoms. The molecule has 0 saturated heterocycles. The highest BCUT2D eigenvalue weighted by atomic mass is 16.5. The van der Waals surface area contributed by atoms with E-state index >= 15 is 0 Å². The van der Waals surface area contributed by atoms with Gasteiger partial charge >= 0.3 is 0 Å². The van der Waals surface area contributed by atoms with Gasteiger partial charge in [-0.3, -0.25) is 14.4 Å². The van der Waals surface area contributed by atoms with E-state index in [0.29, 0.717) is 5.56 Å². The number of Topliss-reactive ketones (excluding diaryl/α,β-unsaturated/α-hetero) is 2. The van der Waals surface area contributed by atoms with Crippen LogP contribution >= 0.6 is 0 Å². The molecule has 3 rings (SSSR count). The van der Waals surface area contributed by atoms with E-state index in [1.807, 2.05) is 6.92 Å². The Morgan fingerprint density at radius 3 is 1.96 bits per heavy atom. The standard InChI is InChI=1S/C18H15NO4/c1-11-7-9-12(10-8-11)17(22)19-18(23-2)15(20)13-5-3-4-6-14(13)16(18)21/h3-10H,1-2H3,(H,19,22). The van der Waals surface area contributed by atoms with Gasteiger partial charge in [0.25, 0.3) is 11.6 Å². The van der Waals surface area contributed by atoms with Crippen LogP contribution in [0.4, 0.5) is 0 Å². The lowest BCUT2D eigenvalue weighted by atomic mass is 10.1. The van der Waals surface area contributed by atoms with Crippen molar-refractivity contribution in [3.8, 4) is 0 Å². The third-order valence-electron chi connectivity index (χ3n) is 3.97. The average Bonchev–Trinajstić information content (AvgIpc) is 2.78. The van der Waals surface area contributed by atoms with E-state index in [1.165, 1.54) is 7.11 Å². The zero-order valence-electron chi connectivity index (χ0n) is 12.8. The van der Waals surface area contributed by atoms with Crippen LogP contribution in [-0.2, 0) is 4.74 Å². The average molecular weight is 309 g/mol. The van der Waals surface area contributed by atoms with Gasteiger partial charge in [-0.05, 0) is 19.1 Å². The molecular formula is C18H15NO4. The summed E-state index contributed by atoms with van der Waals surface area (Å²) in [5, 5.41) is 2.46. The Kier molecular flexibility index (Phi) is 3.58. The van der Waals surface area contributed by atoms with Crippen molar-refractivity contribution < 1.29 is 19.1 Å². The van der Waals surface area contributed by atoms with Crippen LogP contribution in [0.5, 0.6) is 0 Å². The van der Waals surface area contributed by atoms with E-state index in [2.05, 4.69) is 5.32 Å². The Labute approximate surface area is 133 Å². The van der Waals surface area contributed by atoms with Gasteiger partial charge in [0.05, 0.1) is 0 Å². The normalized spacial score (nSPS) is 15.4. The molecule has 0 aliphatic heterocycles. The van der Waals surface area contributed by atoms with Crippen LogP contribution < -0.4 is 5.32 Å². The van der Waals surface area contributed by atoms with Crippen LogP contribution in [0, 0.1) is 6.92 Å².